The molecule has 2 atom stereocenters. The Hall–Kier alpha value is -4.43. The number of halogens is 11. The number of rotatable bonds is 6. The molecule has 246 valence electrons. The smallest absolute Gasteiger partial charge is 0.426 e. The zero-order valence-electron chi connectivity index (χ0n) is 22.3. The quantitative estimate of drug-likeness (QED) is 0.343. The summed E-state index contributed by atoms with van der Waals surface area (Å²) in [6, 6.07) is 0.313. The average molecular weight is 664 g/mol. The van der Waals surface area contributed by atoms with Crippen molar-refractivity contribution in [2.45, 2.75) is 42.8 Å². The first-order valence-corrected chi connectivity index (χ1v) is 12.3. The zero-order valence-corrected chi connectivity index (χ0v) is 22.3. The van der Waals surface area contributed by atoms with Gasteiger partial charge in [-0.05, 0) is 18.2 Å². The van der Waals surface area contributed by atoms with E-state index in [1.807, 2.05) is 5.32 Å². The first kappa shape index (κ1) is 33.5. The summed E-state index contributed by atoms with van der Waals surface area (Å²) in [6.45, 7) is -2.05. The van der Waals surface area contributed by atoms with Crippen molar-refractivity contribution in [2.24, 2.45) is 0 Å². The molecule has 1 fully saturated rings. The Kier molecular flexibility index (Phi) is 8.31. The van der Waals surface area contributed by atoms with E-state index < -0.39 is 107 Å². The standard InChI is InChI=1S/C24H19F11N6O4/c1-45-18-10(2-9(3-12(18)25)15-4-11(22(27,28)29)17-19(36)37-8-38-41(15)17)20(43)39-14-7-40(6-13(14)26)16(42)5-21(44,23(30,31)32)24(33,34)35/h2-4,8,13-14,44H,5-7H2,1H3,(H,39,43)(H2,36,37,38)/t13-,14+/m0/s1. The molecule has 4 N–H and O–H groups in total. The Morgan fingerprint density at radius 2 is 1.69 bits per heavy atom. The first-order valence-electron chi connectivity index (χ1n) is 12.3. The lowest BCUT2D eigenvalue weighted by Gasteiger charge is -2.32. The number of amides is 2. The summed E-state index contributed by atoms with van der Waals surface area (Å²) in [5, 5.41) is 15.0. The number of methoxy groups -OCH3 is 1. The molecule has 45 heavy (non-hydrogen) atoms. The number of ether oxygens (including phenoxy) is 1. The SMILES string of the molecule is COc1c(F)cc(-c2cc(C(F)(F)F)c3c(N)ncnn23)cc1C(=O)N[C@@H]1CN(C(=O)CC(O)(C(F)(F)F)C(F)(F)F)C[C@@H]1F. The van der Waals surface area contributed by atoms with Gasteiger partial charge in [-0.25, -0.2) is 18.3 Å². The van der Waals surface area contributed by atoms with Gasteiger partial charge in [0.25, 0.3) is 11.5 Å². The van der Waals surface area contributed by atoms with Gasteiger partial charge in [0.05, 0.1) is 42.9 Å². The van der Waals surface area contributed by atoms with E-state index in [2.05, 4.69) is 10.1 Å². The second-order valence-electron chi connectivity index (χ2n) is 9.81. The van der Waals surface area contributed by atoms with Gasteiger partial charge in [0.1, 0.15) is 18.0 Å². The molecule has 1 saturated heterocycles. The zero-order chi connectivity index (χ0) is 33.9. The lowest BCUT2D eigenvalue weighted by molar-refractivity contribution is -0.367. The molecule has 1 aliphatic heterocycles. The first-order chi connectivity index (χ1) is 20.6. The highest BCUT2D eigenvalue weighted by Crippen LogP contribution is 2.46. The van der Waals surface area contributed by atoms with Crippen molar-refractivity contribution in [3.8, 4) is 17.0 Å². The summed E-state index contributed by atoms with van der Waals surface area (Å²) < 4.78 is 155. The second-order valence-corrected chi connectivity index (χ2v) is 9.81. The van der Waals surface area contributed by atoms with Gasteiger partial charge in [-0.15, -0.1) is 0 Å². The number of nitrogens with two attached hydrogens (primary N) is 1. The summed E-state index contributed by atoms with van der Waals surface area (Å²) in [5.41, 5.74) is -3.39. The predicted molar refractivity (Wildman–Crippen MR) is 129 cm³/mol. The second kappa shape index (κ2) is 11.2. The topological polar surface area (TPSA) is 135 Å². The molecule has 1 aromatic carbocycles. The summed E-state index contributed by atoms with van der Waals surface area (Å²) >= 11 is 0. The van der Waals surface area contributed by atoms with E-state index in [-0.39, 0.29) is 10.5 Å². The molecule has 21 heteroatoms. The third kappa shape index (κ3) is 5.99. The van der Waals surface area contributed by atoms with E-state index >= 15 is 4.39 Å². The summed E-state index contributed by atoms with van der Waals surface area (Å²) in [4.78, 5) is 29.1. The maximum atomic E-state index is 15.1. The number of nitrogen functional groups attached to an aromatic ring is 1. The van der Waals surface area contributed by atoms with Crippen LogP contribution >= 0.6 is 0 Å². The number of likely N-dealkylation sites (tertiary alicyclic amines) is 1. The highest BCUT2D eigenvalue weighted by atomic mass is 19.4. The van der Waals surface area contributed by atoms with Crippen LogP contribution in [0.4, 0.5) is 54.1 Å². The van der Waals surface area contributed by atoms with Gasteiger partial charge in [-0.1, -0.05) is 0 Å². The normalized spacial score (nSPS) is 18.0. The number of benzene rings is 1. The van der Waals surface area contributed by atoms with E-state index in [0.29, 0.717) is 16.6 Å². The summed E-state index contributed by atoms with van der Waals surface area (Å²) in [6.07, 6.45) is -21.6. The molecule has 2 amide bonds. The number of nitrogens with one attached hydrogen (secondary N) is 1. The molecule has 0 spiro atoms. The van der Waals surface area contributed by atoms with Gasteiger partial charge < -0.3 is 25.8 Å². The molecule has 0 aliphatic carbocycles. The van der Waals surface area contributed by atoms with Crippen LogP contribution in [0.5, 0.6) is 5.75 Å². The average Bonchev–Trinajstić information content (AvgIpc) is 3.48. The molecule has 4 rings (SSSR count). The largest absolute Gasteiger partial charge is 0.493 e. The van der Waals surface area contributed by atoms with Crippen LogP contribution in [0.25, 0.3) is 16.8 Å². The molecular weight excluding hydrogens is 645 g/mol. The predicted octanol–water partition coefficient (Wildman–Crippen LogP) is 3.67. The van der Waals surface area contributed by atoms with Crippen molar-refractivity contribution < 1.29 is 67.7 Å². The number of carbonyl (C=O) groups is 2. The molecule has 0 saturated carbocycles. The number of aliphatic hydroxyl groups is 1. The van der Waals surface area contributed by atoms with Gasteiger partial charge in [0.15, 0.2) is 17.4 Å². The Bertz CT molecular complexity index is 1620. The summed E-state index contributed by atoms with van der Waals surface area (Å²) in [7, 11) is 0.910. The lowest BCUT2D eigenvalue weighted by Crippen LogP contribution is -2.59. The molecule has 10 nitrogen and oxygen atoms in total. The fraction of sp³-hybridized carbons (Fsp3) is 0.417. The number of aromatic nitrogens is 3. The number of hydrogen-bond donors (Lipinski definition) is 3. The molecule has 2 aromatic heterocycles. The van der Waals surface area contributed by atoms with Crippen LogP contribution in [0, 0.1) is 5.82 Å². The molecular formula is C24H19F11N6O4. The summed E-state index contributed by atoms with van der Waals surface area (Å²) in [5.74, 6) is -5.94. The van der Waals surface area contributed by atoms with Gasteiger partial charge in [0.2, 0.25) is 5.91 Å². The third-order valence-electron chi connectivity index (χ3n) is 6.94. The number of carbonyl (C=O) groups excluding carboxylic acids is 2. The van der Waals surface area contributed by atoms with Crippen molar-refractivity contribution in [3.05, 3.63) is 41.5 Å². The molecule has 1 aliphatic rings. The highest BCUT2D eigenvalue weighted by molar-refractivity contribution is 5.99. The molecule has 0 unspecified atom stereocenters. The van der Waals surface area contributed by atoms with Crippen molar-refractivity contribution in [3.63, 3.8) is 0 Å². The third-order valence-corrected chi connectivity index (χ3v) is 6.94. The number of fused-ring (bicyclic) bond motifs is 1. The number of anilines is 1. The van der Waals surface area contributed by atoms with Crippen LogP contribution in [-0.2, 0) is 11.0 Å². The van der Waals surface area contributed by atoms with Gasteiger partial charge >= 0.3 is 18.5 Å². The molecule has 0 radical (unpaired) electrons. The fourth-order valence-corrected chi connectivity index (χ4v) is 4.65. The van der Waals surface area contributed by atoms with Crippen LogP contribution in [0.15, 0.2) is 24.5 Å². The molecule has 3 heterocycles. The van der Waals surface area contributed by atoms with Crippen molar-refractivity contribution in [1.29, 1.82) is 0 Å². The van der Waals surface area contributed by atoms with E-state index in [9.17, 15) is 58.6 Å². The monoisotopic (exact) mass is 664 g/mol. The van der Waals surface area contributed by atoms with Gasteiger partial charge in [-0.3, -0.25) is 9.59 Å². The molecule has 3 aromatic rings. The van der Waals surface area contributed by atoms with E-state index in [1.165, 1.54) is 0 Å². The maximum Gasteiger partial charge on any atom is 0.426 e. The van der Waals surface area contributed by atoms with Crippen molar-refractivity contribution in [1.82, 2.24) is 24.8 Å². The van der Waals surface area contributed by atoms with Crippen molar-refractivity contribution in [2.75, 3.05) is 25.9 Å². The van der Waals surface area contributed by atoms with E-state index in [0.717, 1.165) is 19.5 Å². The van der Waals surface area contributed by atoms with Crippen LogP contribution < -0.4 is 15.8 Å². The van der Waals surface area contributed by atoms with E-state index in [1.54, 1.807) is 0 Å². The number of nitrogens with zero attached hydrogens (tertiary/aromatic N) is 4. The fourth-order valence-electron chi connectivity index (χ4n) is 4.65. The Morgan fingerprint density at radius 1 is 1.07 bits per heavy atom. The minimum atomic E-state index is -6.32. The number of alkyl halides is 10. The van der Waals surface area contributed by atoms with Gasteiger partial charge in [0, 0.05) is 12.1 Å². The Labute approximate surface area is 243 Å². The Morgan fingerprint density at radius 3 is 2.24 bits per heavy atom. The van der Waals surface area contributed by atoms with E-state index in [4.69, 9.17) is 10.5 Å². The minimum Gasteiger partial charge on any atom is -0.493 e. The highest BCUT2D eigenvalue weighted by Gasteiger charge is 2.71. The Balaban J connectivity index is 1.64. The van der Waals surface area contributed by atoms with Crippen molar-refractivity contribution >= 4 is 23.1 Å². The van der Waals surface area contributed by atoms with Gasteiger partial charge in [-0.2, -0.15) is 44.6 Å². The molecule has 0 bridgehead atoms. The van der Waals surface area contributed by atoms with Crippen LogP contribution in [0.2, 0.25) is 0 Å². The van der Waals surface area contributed by atoms with Crippen LogP contribution in [0.1, 0.15) is 22.3 Å². The maximum absolute atomic E-state index is 15.1. The van der Waals surface area contributed by atoms with Crippen LogP contribution in [-0.4, -0.2) is 86.8 Å². The minimum absolute atomic E-state index is 0.210. The van der Waals surface area contributed by atoms with Crippen LogP contribution in [0.3, 0.4) is 0 Å². The lowest BCUT2D eigenvalue weighted by atomic mass is 9.97. The number of hydrogen-bond acceptors (Lipinski definition) is 7.